The van der Waals surface area contributed by atoms with Gasteiger partial charge in [0.2, 0.25) is 5.91 Å². The molecule has 1 aromatic rings. The Balaban J connectivity index is 1.57. The van der Waals surface area contributed by atoms with Crippen LogP contribution < -0.4 is 22.4 Å². The fraction of sp³-hybridized carbons (Fsp3) is 0.765. The van der Waals surface area contributed by atoms with Crippen LogP contribution in [0.25, 0.3) is 0 Å². The number of hydrogen-bond donors (Lipinski definition) is 1. The van der Waals surface area contributed by atoms with Crippen molar-refractivity contribution in [2.45, 2.75) is 50.6 Å². The molecule has 4 fully saturated rings. The van der Waals surface area contributed by atoms with Crippen molar-refractivity contribution in [2.24, 2.45) is 31.8 Å². The van der Waals surface area contributed by atoms with Crippen molar-refractivity contribution in [3.8, 4) is 0 Å². The van der Waals surface area contributed by atoms with Crippen molar-refractivity contribution in [1.29, 1.82) is 0 Å². The van der Waals surface area contributed by atoms with Crippen molar-refractivity contribution < 1.29 is 4.79 Å². The quantitative estimate of drug-likeness (QED) is 0.784. The third kappa shape index (κ3) is 2.58. The maximum Gasteiger partial charge on any atom is 0.336 e. The Hall–Kier alpha value is -2.12. The van der Waals surface area contributed by atoms with Gasteiger partial charge in [-0.25, -0.2) is 28.1 Å². The summed E-state index contributed by atoms with van der Waals surface area (Å²) in [6.07, 6.45) is 6.84. The molecule has 4 bridgehead atoms. The third-order valence-electron chi connectivity index (χ3n) is 6.35. The standard InChI is InChI=1S/C17H24N4O4/c1-19-14(23)20(2)16(25)21(15(19)24)9-13(22)18-17-6-10-3-11(7-17)5-12(4-10)8-17/h10-12H,3-9H2,1-2H3,(H,18,22). The molecule has 4 saturated carbocycles. The smallest absolute Gasteiger partial charge is 0.336 e. The minimum Gasteiger partial charge on any atom is -0.349 e. The molecule has 1 aromatic heterocycles. The highest BCUT2D eigenvalue weighted by Gasteiger charge is 2.51. The Morgan fingerprint density at radius 2 is 1.36 bits per heavy atom. The lowest BCUT2D eigenvalue weighted by Gasteiger charge is -2.56. The number of carbonyl (C=O) groups excluding carboxylic acids is 1. The molecule has 0 aliphatic heterocycles. The lowest BCUT2D eigenvalue weighted by Crippen LogP contribution is -2.61. The molecule has 4 aliphatic carbocycles. The van der Waals surface area contributed by atoms with E-state index in [1.54, 1.807) is 0 Å². The predicted octanol–water partition coefficient (Wildman–Crippen LogP) is -0.669. The van der Waals surface area contributed by atoms with Crippen molar-refractivity contribution in [1.82, 2.24) is 19.0 Å². The second-order valence-electron chi connectivity index (χ2n) is 8.30. The molecule has 0 saturated heterocycles. The van der Waals surface area contributed by atoms with Crippen LogP contribution in [0, 0.1) is 17.8 Å². The molecule has 1 amide bonds. The summed E-state index contributed by atoms with van der Waals surface area (Å²) in [5.74, 6) is 1.76. The number of carbonyl (C=O) groups is 1. The Morgan fingerprint density at radius 1 is 0.920 bits per heavy atom. The van der Waals surface area contributed by atoms with Gasteiger partial charge in [-0.1, -0.05) is 0 Å². The van der Waals surface area contributed by atoms with Crippen LogP contribution in [-0.2, 0) is 25.4 Å². The van der Waals surface area contributed by atoms with Gasteiger partial charge in [0.25, 0.3) is 0 Å². The van der Waals surface area contributed by atoms with Crippen LogP contribution in [0.15, 0.2) is 14.4 Å². The molecule has 0 radical (unpaired) electrons. The van der Waals surface area contributed by atoms with Crippen molar-refractivity contribution in [3.63, 3.8) is 0 Å². The monoisotopic (exact) mass is 348 g/mol. The number of hydrogen-bond acceptors (Lipinski definition) is 4. The SMILES string of the molecule is Cn1c(=O)n(C)c(=O)n(CC(=O)NC23CC4CC(CC(C4)C2)C3)c1=O. The fourth-order valence-corrected chi connectivity index (χ4v) is 5.71. The van der Waals surface area contributed by atoms with Gasteiger partial charge in [0.1, 0.15) is 6.54 Å². The van der Waals surface area contributed by atoms with E-state index in [-0.39, 0.29) is 18.0 Å². The number of aromatic nitrogens is 3. The lowest BCUT2D eigenvalue weighted by atomic mass is 9.53. The Kier molecular flexibility index (Phi) is 3.56. The van der Waals surface area contributed by atoms with Gasteiger partial charge in [0.05, 0.1) is 0 Å². The second-order valence-corrected chi connectivity index (χ2v) is 8.30. The van der Waals surface area contributed by atoms with Crippen molar-refractivity contribution in [2.75, 3.05) is 0 Å². The molecule has 8 heteroatoms. The van der Waals surface area contributed by atoms with E-state index in [0.717, 1.165) is 33.0 Å². The van der Waals surface area contributed by atoms with Gasteiger partial charge in [-0.15, -0.1) is 0 Å². The predicted molar refractivity (Wildman–Crippen MR) is 90.2 cm³/mol. The fourth-order valence-electron chi connectivity index (χ4n) is 5.71. The van der Waals surface area contributed by atoms with Crippen LogP contribution >= 0.6 is 0 Å². The van der Waals surface area contributed by atoms with Gasteiger partial charge >= 0.3 is 17.1 Å². The molecule has 5 rings (SSSR count). The van der Waals surface area contributed by atoms with Crippen LogP contribution in [0.4, 0.5) is 0 Å². The molecule has 0 atom stereocenters. The molecular formula is C17H24N4O4. The topological polar surface area (TPSA) is 95.1 Å². The van der Waals surface area contributed by atoms with Gasteiger partial charge in [-0.2, -0.15) is 0 Å². The summed E-state index contributed by atoms with van der Waals surface area (Å²) in [7, 11) is 2.61. The zero-order valence-electron chi connectivity index (χ0n) is 14.7. The van der Waals surface area contributed by atoms with Crippen LogP contribution in [0.5, 0.6) is 0 Å². The van der Waals surface area contributed by atoms with E-state index in [4.69, 9.17) is 0 Å². The van der Waals surface area contributed by atoms with Gasteiger partial charge in [-0.05, 0) is 56.3 Å². The maximum atomic E-state index is 12.6. The van der Waals surface area contributed by atoms with E-state index in [0.29, 0.717) is 17.8 Å². The van der Waals surface area contributed by atoms with E-state index in [1.165, 1.54) is 33.4 Å². The molecule has 25 heavy (non-hydrogen) atoms. The van der Waals surface area contributed by atoms with E-state index in [1.807, 2.05) is 0 Å². The molecule has 1 heterocycles. The highest BCUT2D eigenvalue weighted by atomic mass is 16.2. The van der Waals surface area contributed by atoms with E-state index < -0.39 is 17.1 Å². The minimum absolute atomic E-state index is 0.165. The number of nitrogens with one attached hydrogen (secondary N) is 1. The zero-order chi connectivity index (χ0) is 17.9. The molecule has 0 unspecified atom stereocenters. The molecule has 1 N–H and O–H groups in total. The summed E-state index contributed by atoms with van der Waals surface area (Å²) >= 11 is 0. The maximum absolute atomic E-state index is 12.6. The summed E-state index contributed by atoms with van der Waals surface area (Å²) in [6.45, 7) is -0.346. The first-order valence-electron chi connectivity index (χ1n) is 8.96. The van der Waals surface area contributed by atoms with E-state index in [2.05, 4.69) is 5.32 Å². The highest BCUT2D eigenvalue weighted by Crippen LogP contribution is 2.55. The second kappa shape index (κ2) is 5.44. The normalized spacial score (nSPS) is 32.8. The Bertz CT molecular complexity index is 831. The minimum atomic E-state index is -0.756. The van der Waals surface area contributed by atoms with E-state index in [9.17, 15) is 19.2 Å². The summed E-state index contributed by atoms with van der Waals surface area (Å²) in [4.78, 5) is 48.8. The van der Waals surface area contributed by atoms with Crippen LogP contribution in [0.1, 0.15) is 38.5 Å². The third-order valence-corrected chi connectivity index (χ3v) is 6.35. The summed E-state index contributed by atoms with van der Waals surface area (Å²) in [5, 5.41) is 3.15. The van der Waals surface area contributed by atoms with Crippen LogP contribution in [0.3, 0.4) is 0 Å². The van der Waals surface area contributed by atoms with Crippen molar-refractivity contribution >= 4 is 5.91 Å². The first-order valence-corrected chi connectivity index (χ1v) is 8.96. The molecule has 8 nitrogen and oxygen atoms in total. The first kappa shape index (κ1) is 16.4. The molecule has 0 aromatic carbocycles. The molecule has 4 aliphatic rings. The molecule has 0 spiro atoms. The van der Waals surface area contributed by atoms with E-state index >= 15 is 0 Å². The number of amides is 1. The first-order chi connectivity index (χ1) is 11.8. The van der Waals surface area contributed by atoms with Crippen LogP contribution in [-0.4, -0.2) is 25.1 Å². The van der Waals surface area contributed by atoms with Gasteiger partial charge in [-0.3, -0.25) is 4.79 Å². The zero-order valence-corrected chi connectivity index (χ0v) is 14.7. The Labute approximate surface area is 144 Å². The Morgan fingerprint density at radius 3 is 1.80 bits per heavy atom. The van der Waals surface area contributed by atoms with Gasteiger partial charge in [0.15, 0.2) is 0 Å². The largest absolute Gasteiger partial charge is 0.349 e. The number of rotatable bonds is 3. The van der Waals surface area contributed by atoms with Crippen LogP contribution in [0.2, 0.25) is 0 Å². The van der Waals surface area contributed by atoms with Gasteiger partial charge in [0, 0.05) is 19.6 Å². The number of nitrogens with zero attached hydrogens (tertiary/aromatic N) is 3. The average molecular weight is 348 g/mol. The average Bonchev–Trinajstić information content (AvgIpc) is 2.53. The van der Waals surface area contributed by atoms with Crippen molar-refractivity contribution in [3.05, 3.63) is 31.5 Å². The summed E-state index contributed by atoms with van der Waals surface area (Å²) in [6, 6.07) is 0. The lowest BCUT2D eigenvalue weighted by molar-refractivity contribution is -0.127. The van der Waals surface area contributed by atoms with Gasteiger partial charge < -0.3 is 5.32 Å². The molecular weight excluding hydrogens is 324 g/mol. The summed E-state index contributed by atoms with van der Waals surface area (Å²) in [5.41, 5.74) is -2.36. The molecule has 136 valence electrons. The highest BCUT2D eigenvalue weighted by molar-refractivity contribution is 5.76. The summed E-state index contributed by atoms with van der Waals surface area (Å²) < 4.78 is 2.52.